The molecule has 0 radical (unpaired) electrons. The van der Waals surface area contributed by atoms with Crippen molar-refractivity contribution in [2.45, 2.75) is 39.3 Å². The molecule has 8 nitrogen and oxygen atoms in total. The fraction of sp³-hybridized carbons (Fsp3) is 0.381. The van der Waals surface area contributed by atoms with Crippen LogP contribution in [0.25, 0.3) is 10.9 Å². The molecule has 3 heterocycles. The smallest absolute Gasteiger partial charge is 0.317 e. The highest BCUT2D eigenvalue weighted by Crippen LogP contribution is 2.17. The van der Waals surface area contributed by atoms with E-state index in [1.54, 1.807) is 17.0 Å². The lowest BCUT2D eigenvalue weighted by molar-refractivity contribution is -0.130. The molecule has 1 aliphatic heterocycles. The Kier molecular flexibility index (Phi) is 5.24. The van der Waals surface area contributed by atoms with Gasteiger partial charge in [0.15, 0.2) is 0 Å². The number of nitrogens with zero attached hydrogens (tertiary/aromatic N) is 5. The molecule has 1 amide bonds. The molecule has 1 aliphatic rings. The van der Waals surface area contributed by atoms with Crippen LogP contribution in [0.2, 0.25) is 0 Å². The lowest BCUT2D eigenvalue weighted by Gasteiger charge is -2.17. The van der Waals surface area contributed by atoms with Crippen molar-refractivity contribution in [3.05, 3.63) is 58.4 Å². The van der Waals surface area contributed by atoms with Crippen LogP contribution in [-0.4, -0.2) is 49.5 Å². The van der Waals surface area contributed by atoms with Crippen LogP contribution in [0.1, 0.15) is 24.2 Å². The van der Waals surface area contributed by atoms with E-state index in [-0.39, 0.29) is 24.0 Å². The van der Waals surface area contributed by atoms with Crippen LogP contribution in [0.3, 0.4) is 0 Å². The molecule has 4 rings (SSSR count). The molecule has 8 heteroatoms. The number of carbonyl (C=O) groups excluding carboxylic acids is 1. The molecule has 150 valence electrons. The number of rotatable bonds is 5. The molecule has 1 aromatic carbocycles. The molecule has 1 saturated heterocycles. The summed E-state index contributed by atoms with van der Waals surface area (Å²) in [4.78, 5) is 39.8. The summed E-state index contributed by atoms with van der Waals surface area (Å²) in [6.07, 6.45) is 2.36. The molecule has 0 bridgehead atoms. The normalized spacial score (nSPS) is 16.3. The molecule has 0 spiro atoms. The highest BCUT2D eigenvalue weighted by atomic mass is 16.5. The minimum absolute atomic E-state index is 0.00232. The summed E-state index contributed by atoms with van der Waals surface area (Å²) in [5.74, 6) is -0.00232. The maximum absolute atomic E-state index is 12.6. The zero-order valence-corrected chi connectivity index (χ0v) is 16.5. The van der Waals surface area contributed by atoms with Crippen molar-refractivity contribution in [1.82, 2.24) is 24.4 Å². The summed E-state index contributed by atoms with van der Waals surface area (Å²) in [5.41, 5.74) is 2.24. The van der Waals surface area contributed by atoms with Gasteiger partial charge in [-0.05, 0) is 32.0 Å². The van der Waals surface area contributed by atoms with Gasteiger partial charge < -0.3 is 9.64 Å². The van der Waals surface area contributed by atoms with E-state index in [1.807, 2.05) is 32.0 Å². The summed E-state index contributed by atoms with van der Waals surface area (Å²) in [5, 5.41) is 0.561. The van der Waals surface area contributed by atoms with Gasteiger partial charge in [-0.25, -0.2) is 15.0 Å². The van der Waals surface area contributed by atoms with Crippen LogP contribution in [0, 0.1) is 13.8 Å². The SMILES string of the molecule is Cc1cc(C)nc(O[C@H]2CCN(C(=O)CCn3cnc4ccccc4c3=O)C2)n1. The molecule has 3 aromatic rings. The van der Waals surface area contributed by atoms with Gasteiger partial charge in [-0.15, -0.1) is 0 Å². The zero-order valence-electron chi connectivity index (χ0n) is 16.5. The van der Waals surface area contributed by atoms with E-state index in [0.717, 1.165) is 17.8 Å². The predicted octanol–water partition coefficient (Wildman–Crippen LogP) is 1.87. The first-order valence-corrected chi connectivity index (χ1v) is 9.70. The molecule has 2 aromatic heterocycles. The highest BCUT2D eigenvalue weighted by Gasteiger charge is 2.28. The van der Waals surface area contributed by atoms with Crippen LogP contribution in [0.15, 0.2) is 41.5 Å². The Hall–Kier alpha value is -3.29. The summed E-state index contributed by atoms with van der Waals surface area (Å²) < 4.78 is 7.36. The van der Waals surface area contributed by atoms with Crippen LogP contribution >= 0.6 is 0 Å². The van der Waals surface area contributed by atoms with Crippen molar-refractivity contribution >= 4 is 16.8 Å². The Labute approximate surface area is 168 Å². The van der Waals surface area contributed by atoms with E-state index in [0.29, 0.717) is 36.5 Å². The number of benzene rings is 1. The van der Waals surface area contributed by atoms with Gasteiger partial charge in [0.05, 0.1) is 23.8 Å². The lowest BCUT2D eigenvalue weighted by Crippen LogP contribution is -2.32. The van der Waals surface area contributed by atoms with E-state index in [4.69, 9.17) is 4.74 Å². The number of carbonyl (C=O) groups is 1. The van der Waals surface area contributed by atoms with Crippen molar-refractivity contribution in [3.8, 4) is 6.01 Å². The van der Waals surface area contributed by atoms with E-state index in [2.05, 4.69) is 15.0 Å². The third-order valence-corrected chi connectivity index (χ3v) is 5.03. The Morgan fingerprint density at radius 3 is 2.76 bits per heavy atom. The fourth-order valence-electron chi connectivity index (χ4n) is 3.59. The number of aryl methyl sites for hydroxylation is 3. The van der Waals surface area contributed by atoms with Crippen molar-refractivity contribution in [2.24, 2.45) is 0 Å². The standard InChI is InChI=1S/C21H23N5O3/c1-14-11-15(2)24-21(23-14)29-16-7-9-25(12-16)19(27)8-10-26-13-22-18-6-4-3-5-17(18)20(26)28/h3-6,11,13,16H,7-10,12H2,1-2H3/t16-/m0/s1. The van der Waals surface area contributed by atoms with Gasteiger partial charge in [0.2, 0.25) is 5.91 Å². The second kappa shape index (κ2) is 7.98. The summed E-state index contributed by atoms with van der Waals surface area (Å²) >= 11 is 0. The van der Waals surface area contributed by atoms with E-state index < -0.39 is 0 Å². The van der Waals surface area contributed by atoms with E-state index in [9.17, 15) is 9.59 Å². The second-order valence-electron chi connectivity index (χ2n) is 7.31. The monoisotopic (exact) mass is 393 g/mol. The summed E-state index contributed by atoms with van der Waals surface area (Å²) in [6.45, 7) is 5.22. The Morgan fingerprint density at radius 2 is 1.97 bits per heavy atom. The van der Waals surface area contributed by atoms with Gasteiger partial charge in [0.1, 0.15) is 6.10 Å². The van der Waals surface area contributed by atoms with Gasteiger partial charge >= 0.3 is 6.01 Å². The maximum atomic E-state index is 12.6. The second-order valence-corrected chi connectivity index (χ2v) is 7.31. The quantitative estimate of drug-likeness (QED) is 0.657. The third kappa shape index (κ3) is 4.26. The Morgan fingerprint density at radius 1 is 1.21 bits per heavy atom. The minimum Gasteiger partial charge on any atom is -0.458 e. The highest BCUT2D eigenvalue weighted by molar-refractivity contribution is 5.77. The lowest BCUT2D eigenvalue weighted by atomic mass is 10.2. The minimum atomic E-state index is -0.127. The van der Waals surface area contributed by atoms with E-state index in [1.165, 1.54) is 10.9 Å². The molecule has 0 unspecified atom stereocenters. The number of para-hydroxylation sites is 1. The van der Waals surface area contributed by atoms with Gasteiger partial charge in [-0.2, -0.15) is 0 Å². The molecule has 0 aliphatic carbocycles. The fourth-order valence-corrected chi connectivity index (χ4v) is 3.59. The summed E-state index contributed by atoms with van der Waals surface area (Å²) in [6, 6.07) is 9.45. The van der Waals surface area contributed by atoms with Crippen molar-refractivity contribution in [2.75, 3.05) is 13.1 Å². The average molecular weight is 393 g/mol. The molecule has 0 saturated carbocycles. The average Bonchev–Trinajstić information content (AvgIpc) is 3.15. The first-order chi connectivity index (χ1) is 14.0. The zero-order chi connectivity index (χ0) is 20.4. The molecular formula is C21H23N5O3. The number of aromatic nitrogens is 4. The number of hydrogen-bond acceptors (Lipinski definition) is 6. The maximum Gasteiger partial charge on any atom is 0.317 e. The van der Waals surface area contributed by atoms with E-state index >= 15 is 0 Å². The largest absolute Gasteiger partial charge is 0.458 e. The van der Waals surface area contributed by atoms with Gasteiger partial charge in [0.25, 0.3) is 5.56 Å². The molecule has 0 N–H and O–H groups in total. The van der Waals surface area contributed by atoms with Gasteiger partial charge in [-0.3, -0.25) is 14.2 Å². The van der Waals surface area contributed by atoms with Crippen LogP contribution in [-0.2, 0) is 11.3 Å². The van der Waals surface area contributed by atoms with Crippen LogP contribution in [0.5, 0.6) is 6.01 Å². The van der Waals surface area contributed by atoms with Crippen molar-refractivity contribution < 1.29 is 9.53 Å². The molecular weight excluding hydrogens is 370 g/mol. The van der Waals surface area contributed by atoms with Gasteiger partial charge in [-0.1, -0.05) is 12.1 Å². The number of amides is 1. The van der Waals surface area contributed by atoms with Crippen LogP contribution in [0.4, 0.5) is 0 Å². The van der Waals surface area contributed by atoms with Crippen molar-refractivity contribution in [1.29, 1.82) is 0 Å². The topological polar surface area (TPSA) is 90.2 Å². The number of ether oxygens (including phenoxy) is 1. The molecule has 1 atom stereocenters. The van der Waals surface area contributed by atoms with Crippen LogP contribution < -0.4 is 10.3 Å². The Balaban J connectivity index is 1.35. The number of likely N-dealkylation sites (tertiary alicyclic amines) is 1. The number of hydrogen-bond donors (Lipinski definition) is 0. The third-order valence-electron chi connectivity index (χ3n) is 5.03. The molecule has 29 heavy (non-hydrogen) atoms. The predicted molar refractivity (Wildman–Crippen MR) is 108 cm³/mol. The van der Waals surface area contributed by atoms with Crippen molar-refractivity contribution in [3.63, 3.8) is 0 Å². The summed E-state index contributed by atoms with van der Waals surface area (Å²) in [7, 11) is 0. The first kappa shape index (κ1) is 19.0. The Bertz CT molecular complexity index is 1090. The van der Waals surface area contributed by atoms with Gasteiger partial charge in [0, 0.05) is 37.3 Å². The number of fused-ring (bicyclic) bond motifs is 1. The first-order valence-electron chi connectivity index (χ1n) is 9.70. The molecule has 1 fully saturated rings.